The van der Waals surface area contributed by atoms with Crippen molar-refractivity contribution in [3.63, 3.8) is 0 Å². The minimum absolute atomic E-state index is 0.0543. The van der Waals surface area contributed by atoms with Gasteiger partial charge in [0.1, 0.15) is 11.5 Å². The fourth-order valence-corrected chi connectivity index (χ4v) is 2.65. The number of benzene rings is 1. The molecule has 0 aliphatic carbocycles. The van der Waals surface area contributed by atoms with Gasteiger partial charge in [0, 0.05) is 30.3 Å². The topological polar surface area (TPSA) is 88.7 Å². The van der Waals surface area contributed by atoms with E-state index in [2.05, 4.69) is 16.0 Å². The normalized spacial score (nSPS) is 16.5. The van der Waals surface area contributed by atoms with Crippen LogP contribution in [0.2, 0.25) is 0 Å². The van der Waals surface area contributed by atoms with Gasteiger partial charge < -0.3 is 25.4 Å². The number of rotatable bonds is 8. The second kappa shape index (κ2) is 9.12. The number of hydrogen-bond acceptors (Lipinski definition) is 5. The number of anilines is 1. The summed E-state index contributed by atoms with van der Waals surface area (Å²) in [7, 11) is 3.08. The lowest BCUT2D eigenvalue weighted by molar-refractivity contribution is -0.124. The fourth-order valence-electron chi connectivity index (χ4n) is 2.65. The predicted molar refractivity (Wildman–Crippen MR) is 91.4 cm³/mol. The molecular weight excluding hydrogens is 310 g/mol. The zero-order valence-electron chi connectivity index (χ0n) is 14.2. The minimum atomic E-state index is -0.291. The molecule has 24 heavy (non-hydrogen) atoms. The van der Waals surface area contributed by atoms with Gasteiger partial charge in [0.05, 0.1) is 20.8 Å². The molecule has 0 aromatic heterocycles. The van der Waals surface area contributed by atoms with Crippen molar-refractivity contribution in [1.29, 1.82) is 0 Å². The Kier molecular flexibility index (Phi) is 6.87. The molecule has 1 aromatic rings. The number of carbonyl (C=O) groups is 2. The van der Waals surface area contributed by atoms with E-state index in [9.17, 15) is 9.59 Å². The van der Waals surface area contributed by atoms with Crippen LogP contribution in [0.1, 0.15) is 19.3 Å². The van der Waals surface area contributed by atoms with Crippen LogP contribution >= 0.6 is 0 Å². The first-order chi connectivity index (χ1) is 11.6. The van der Waals surface area contributed by atoms with Crippen molar-refractivity contribution >= 4 is 17.5 Å². The maximum Gasteiger partial charge on any atom is 0.243 e. The summed E-state index contributed by atoms with van der Waals surface area (Å²) in [5.41, 5.74) is 0.558. The van der Waals surface area contributed by atoms with Crippen molar-refractivity contribution in [3.05, 3.63) is 18.2 Å². The van der Waals surface area contributed by atoms with E-state index in [1.165, 1.54) is 0 Å². The van der Waals surface area contributed by atoms with E-state index in [0.717, 1.165) is 25.9 Å². The zero-order valence-corrected chi connectivity index (χ0v) is 14.2. The molecule has 1 fully saturated rings. The Morgan fingerprint density at radius 2 is 1.88 bits per heavy atom. The molecule has 2 rings (SSSR count). The van der Waals surface area contributed by atoms with Crippen LogP contribution in [0, 0.1) is 5.92 Å². The predicted octanol–water partition coefficient (Wildman–Crippen LogP) is 1.15. The average Bonchev–Trinajstić information content (AvgIpc) is 3.11. The van der Waals surface area contributed by atoms with Crippen LogP contribution in [0.3, 0.4) is 0 Å². The van der Waals surface area contributed by atoms with Crippen LogP contribution in [-0.4, -0.2) is 45.7 Å². The first-order valence-electron chi connectivity index (χ1n) is 8.11. The quantitative estimate of drug-likeness (QED) is 0.663. The Bertz CT molecular complexity index is 549. The smallest absolute Gasteiger partial charge is 0.243 e. The summed E-state index contributed by atoms with van der Waals surface area (Å²) in [6, 6.07) is 5.10. The summed E-state index contributed by atoms with van der Waals surface area (Å²) in [5.74, 6) is 1.34. The summed E-state index contributed by atoms with van der Waals surface area (Å²) >= 11 is 0. The molecule has 1 aliphatic rings. The molecule has 0 bridgehead atoms. The molecule has 1 atom stereocenters. The van der Waals surface area contributed by atoms with Gasteiger partial charge in [-0.1, -0.05) is 0 Å². The fraction of sp³-hybridized carbons (Fsp3) is 0.529. The van der Waals surface area contributed by atoms with Gasteiger partial charge in [-0.15, -0.1) is 0 Å². The van der Waals surface area contributed by atoms with Crippen LogP contribution in [-0.2, 0) is 9.59 Å². The highest BCUT2D eigenvalue weighted by molar-refractivity contribution is 5.94. The zero-order chi connectivity index (χ0) is 17.4. The van der Waals surface area contributed by atoms with Gasteiger partial charge >= 0.3 is 0 Å². The third-order valence-electron chi connectivity index (χ3n) is 4.02. The third kappa shape index (κ3) is 5.73. The number of nitrogens with one attached hydrogen (secondary N) is 3. The Morgan fingerprint density at radius 3 is 2.46 bits per heavy atom. The lowest BCUT2D eigenvalue weighted by Gasteiger charge is -2.11. The first kappa shape index (κ1) is 18.1. The lowest BCUT2D eigenvalue weighted by Crippen LogP contribution is -2.33. The lowest BCUT2D eigenvalue weighted by atomic mass is 10.0. The SMILES string of the molecule is COc1cc(NC(=O)CNC(=O)CCC2CCNC2)cc(OC)c1. The highest BCUT2D eigenvalue weighted by atomic mass is 16.5. The van der Waals surface area contributed by atoms with Crippen LogP contribution < -0.4 is 25.4 Å². The molecule has 7 nitrogen and oxygen atoms in total. The van der Waals surface area contributed by atoms with Crippen LogP contribution in [0.25, 0.3) is 0 Å². The number of amides is 2. The number of carbonyl (C=O) groups excluding carboxylic acids is 2. The van der Waals surface area contributed by atoms with Crippen LogP contribution in [0.5, 0.6) is 11.5 Å². The molecule has 1 aromatic carbocycles. The van der Waals surface area contributed by atoms with Crippen molar-refractivity contribution in [2.75, 3.05) is 39.2 Å². The Hall–Kier alpha value is -2.28. The monoisotopic (exact) mass is 335 g/mol. The maximum atomic E-state index is 12.0. The molecule has 1 aliphatic heterocycles. The van der Waals surface area contributed by atoms with Gasteiger partial charge in [-0.3, -0.25) is 9.59 Å². The van der Waals surface area contributed by atoms with E-state index in [1.807, 2.05) is 0 Å². The van der Waals surface area contributed by atoms with E-state index >= 15 is 0 Å². The van der Waals surface area contributed by atoms with Crippen molar-refractivity contribution < 1.29 is 19.1 Å². The summed E-state index contributed by atoms with van der Waals surface area (Å²) in [5, 5.41) is 8.65. The van der Waals surface area contributed by atoms with Gasteiger partial charge in [0.15, 0.2) is 0 Å². The molecule has 3 N–H and O–H groups in total. The third-order valence-corrected chi connectivity index (χ3v) is 4.02. The van der Waals surface area contributed by atoms with E-state index in [1.54, 1.807) is 32.4 Å². The second-order valence-electron chi connectivity index (χ2n) is 5.82. The molecule has 1 unspecified atom stereocenters. The molecule has 1 heterocycles. The van der Waals surface area contributed by atoms with Crippen molar-refractivity contribution in [1.82, 2.24) is 10.6 Å². The molecule has 1 saturated heterocycles. The first-order valence-corrected chi connectivity index (χ1v) is 8.11. The van der Waals surface area contributed by atoms with E-state index in [-0.39, 0.29) is 18.4 Å². The van der Waals surface area contributed by atoms with Crippen molar-refractivity contribution in [2.24, 2.45) is 5.92 Å². The van der Waals surface area contributed by atoms with E-state index in [0.29, 0.717) is 29.5 Å². The van der Waals surface area contributed by atoms with Gasteiger partial charge in [-0.2, -0.15) is 0 Å². The molecule has 7 heteroatoms. The molecule has 2 amide bonds. The molecule has 132 valence electrons. The van der Waals surface area contributed by atoms with Crippen molar-refractivity contribution in [3.8, 4) is 11.5 Å². The minimum Gasteiger partial charge on any atom is -0.497 e. The van der Waals surface area contributed by atoms with Gasteiger partial charge in [0.2, 0.25) is 11.8 Å². The molecule has 0 saturated carbocycles. The van der Waals surface area contributed by atoms with E-state index in [4.69, 9.17) is 9.47 Å². The summed E-state index contributed by atoms with van der Waals surface area (Å²) in [4.78, 5) is 23.8. The van der Waals surface area contributed by atoms with Gasteiger partial charge in [0.25, 0.3) is 0 Å². The highest BCUT2D eigenvalue weighted by Gasteiger charge is 2.16. The molecule has 0 spiro atoms. The van der Waals surface area contributed by atoms with Crippen LogP contribution in [0.15, 0.2) is 18.2 Å². The Labute approximate surface area is 142 Å². The summed E-state index contributed by atoms with van der Waals surface area (Å²) in [6.45, 7) is 1.95. The Morgan fingerprint density at radius 1 is 1.17 bits per heavy atom. The Balaban J connectivity index is 1.75. The van der Waals surface area contributed by atoms with Crippen LogP contribution in [0.4, 0.5) is 5.69 Å². The number of hydrogen-bond donors (Lipinski definition) is 3. The number of methoxy groups -OCH3 is 2. The van der Waals surface area contributed by atoms with E-state index < -0.39 is 0 Å². The second-order valence-corrected chi connectivity index (χ2v) is 5.82. The molecular formula is C17H25N3O4. The molecule has 0 radical (unpaired) electrons. The standard InChI is InChI=1S/C17H25N3O4/c1-23-14-7-13(8-15(9-14)24-2)20-17(22)11-19-16(21)4-3-12-5-6-18-10-12/h7-9,12,18H,3-6,10-11H2,1-2H3,(H,19,21)(H,20,22). The van der Waals surface area contributed by atoms with Crippen molar-refractivity contribution in [2.45, 2.75) is 19.3 Å². The summed E-state index contributed by atoms with van der Waals surface area (Å²) in [6.07, 6.45) is 2.42. The van der Waals surface area contributed by atoms with Gasteiger partial charge in [-0.05, 0) is 31.8 Å². The average molecular weight is 335 g/mol. The highest BCUT2D eigenvalue weighted by Crippen LogP contribution is 2.25. The van der Waals surface area contributed by atoms with Gasteiger partial charge in [-0.25, -0.2) is 0 Å². The largest absolute Gasteiger partial charge is 0.497 e. The maximum absolute atomic E-state index is 12.0. The number of ether oxygens (including phenoxy) is 2. The summed E-state index contributed by atoms with van der Waals surface area (Å²) < 4.78 is 10.3.